The average Bonchev–Trinajstić information content (AvgIpc) is 3.68. The van der Waals surface area contributed by atoms with Crippen LogP contribution in [0, 0.1) is 18.8 Å². The van der Waals surface area contributed by atoms with Crippen molar-refractivity contribution < 1.29 is 14.4 Å². The van der Waals surface area contributed by atoms with E-state index >= 15 is 0 Å². The molecule has 6 rings (SSSR count). The fraction of sp³-hybridized carbons (Fsp3) is 0.405. The summed E-state index contributed by atoms with van der Waals surface area (Å²) in [4.78, 5) is 40.2. The summed E-state index contributed by atoms with van der Waals surface area (Å²) in [6.45, 7) is 4.50. The normalized spacial score (nSPS) is 18.4. The maximum atomic E-state index is 13.8. The number of carbonyl (C=O) groups is 3. The zero-order valence-electron chi connectivity index (χ0n) is 28.3. The number of benzene rings is 3. The molecule has 264 valence electrons. The van der Waals surface area contributed by atoms with Crippen molar-refractivity contribution in [3.63, 3.8) is 0 Å². The Labute approximate surface area is 298 Å². The molecule has 50 heavy (non-hydrogen) atoms. The Morgan fingerprint density at radius 1 is 0.900 bits per heavy atom. The number of hydrogen-bond acceptors (Lipinski definition) is 8. The Morgan fingerprint density at radius 3 is 2.26 bits per heavy atom. The molecule has 1 saturated carbocycles. The molecule has 1 aromatic heterocycles. The number of aromatic nitrogens is 4. The third kappa shape index (κ3) is 9.32. The minimum absolute atomic E-state index is 0. The molecule has 1 aliphatic carbocycles. The Morgan fingerprint density at radius 2 is 1.60 bits per heavy atom. The van der Waals surface area contributed by atoms with E-state index in [-0.39, 0.29) is 42.1 Å². The maximum absolute atomic E-state index is 13.8. The number of aromatic amines is 1. The predicted octanol–water partition coefficient (Wildman–Crippen LogP) is 4.18. The molecule has 0 radical (unpaired) electrons. The van der Waals surface area contributed by atoms with Crippen molar-refractivity contribution in [2.24, 2.45) is 17.6 Å². The van der Waals surface area contributed by atoms with E-state index in [0.29, 0.717) is 36.0 Å². The minimum atomic E-state index is -0.798. The van der Waals surface area contributed by atoms with Gasteiger partial charge in [-0.2, -0.15) is 5.21 Å². The number of rotatable bonds is 11. The number of nitrogens with zero attached hydrogens (tertiary/aromatic N) is 3. The van der Waals surface area contributed by atoms with Crippen LogP contribution in [0.1, 0.15) is 60.0 Å². The zero-order valence-corrected chi connectivity index (χ0v) is 29.1. The highest BCUT2D eigenvalue weighted by atomic mass is 35.5. The summed E-state index contributed by atoms with van der Waals surface area (Å²) >= 11 is 0. The first-order chi connectivity index (χ1) is 23.9. The number of amides is 3. The molecule has 0 unspecified atom stereocenters. The van der Waals surface area contributed by atoms with Crippen LogP contribution in [-0.4, -0.2) is 70.1 Å². The number of hydrogen-bond donors (Lipinski definition) is 6. The fourth-order valence-electron chi connectivity index (χ4n) is 6.75. The van der Waals surface area contributed by atoms with E-state index in [1.807, 2.05) is 43.3 Å². The van der Waals surface area contributed by atoms with Gasteiger partial charge in [0, 0.05) is 35.2 Å². The van der Waals surface area contributed by atoms with E-state index in [0.717, 1.165) is 79.4 Å². The number of carbonyl (C=O) groups excluding carboxylic acids is 3. The molecule has 1 aliphatic heterocycles. The highest BCUT2D eigenvalue weighted by Gasteiger charge is 2.29. The summed E-state index contributed by atoms with van der Waals surface area (Å²) in [6.07, 6.45) is 5.52. The first-order valence-electron chi connectivity index (χ1n) is 17.2. The van der Waals surface area contributed by atoms with Crippen LogP contribution in [0.3, 0.4) is 0 Å². The van der Waals surface area contributed by atoms with Crippen molar-refractivity contribution in [3.8, 4) is 22.5 Å². The highest BCUT2D eigenvalue weighted by molar-refractivity contribution is 5.98. The lowest BCUT2D eigenvalue weighted by atomic mass is 9.81. The molecule has 3 aromatic carbocycles. The fourth-order valence-corrected chi connectivity index (χ4v) is 6.75. The average molecular weight is 700 g/mol. The monoisotopic (exact) mass is 699 g/mol. The molecule has 3 amide bonds. The van der Waals surface area contributed by atoms with Crippen LogP contribution in [0.5, 0.6) is 0 Å². The molecule has 2 fully saturated rings. The topological polar surface area (TPSA) is 180 Å². The predicted molar refractivity (Wildman–Crippen MR) is 196 cm³/mol. The molecular formula is C37H46ClN9O3. The van der Waals surface area contributed by atoms with Crippen molar-refractivity contribution in [2.75, 3.05) is 25.0 Å². The van der Waals surface area contributed by atoms with Gasteiger partial charge in [0.05, 0.1) is 0 Å². The summed E-state index contributed by atoms with van der Waals surface area (Å²) < 4.78 is 0. The van der Waals surface area contributed by atoms with Crippen LogP contribution >= 0.6 is 12.4 Å². The van der Waals surface area contributed by atoms with Gasteiger partial charge in [0.2, 0.25) is 17.6 Å². The lowest BCUT2D eigenvalue weighted by molar-refractivity contribution is -0.130. The molecule has 13 heteroatoms. The first kappa shape index (κ1) is 36.6. The molecule has 2 aliphatic rings. The van der Waals surface area contributed by atoms with Gasteiger partial charge in [-0.3, -0.25) is 14.4 Å². The lowest BCUT2D eigenvalue weighted by Crippen LogP contribution is -2.48. The van der Waals surface area contributed by atoms with Crippen molar-refractivity contribution >= 4 is 35.8 Å². The molecule has 0 bridgehead atoms. The van der Waals surface area contributed by atoms with Gasteiger partial charge >= 0.3 is 0 Å². The van der Waals surface area contributed by atoms with Crippen LogP contribution in [0.2, 0.25) is 0 Å². The van der Waals surface area contributed by atoms with Gasteiger partial charge in [-0.05, 0) is 135 Å². The maximum Gasteiger partial charge on any atom is 0.251 e. The smallest absolute Gasteiger partial charge is 0.251 e. The molecule has 2 heterocycles. The standard InChI is InChI=1S/C37H45N9O3.ClH/c1-23-2-3-25(20-32(23)26-8-10-29(11-9-26)35(47)40-31-16-18-39-19-17-31)21-33(42-36(48)28-6-4-24(22-38)5-7-28)37(49)41-30-14-12-27(13-15-30)34-43-45-46-44-34;/h2-3,8-15,20,24,28,31,33,39H,4-7,16-19,21-22,38H2,1H3,(H,40,47)(H,41,49)(H,42,48)(H,43,44,45,46);1H/t24?,28?,33-;/m0./s1. The summed E-state index contributed by atoms with van der Waals surface area (Å²) in [5, 5.41) is 26.6. The van der Waals surface area contributed by atoms with Crippen LogP contribution in [0.4, 0.5) is 5.69 Å². The van der Waals surface area contributed by atoms with Gasteiger partial charge in [0.1, 0.15) is 6.04 Å². The van der Waals surface area contributed by atoms with Crippen molar-refractivity contribution in [1.82, 2.24) is 36.6 Å². The number of nitrogens with two attached hydrogens (primary N) is 1. The third-order valence-electron chi connectivity index (χ3n) is 9.81. The molecule has 4 aromatic rings. The SMILES string of the molecule is Cc1ccc(C[C@H](NC(=O)C2CCC(CN)CC2)C(=O)Nc2ccc(-c3nn[nH]n3)cc2)cc1-c1ccc(C(=O)NC2CCNCC2)cc1.Cl. The van der Waals surface area contributed by atoms with Crippen molar-refractivity contribution in [1.29, 1.82) is 0 Å². The molecule has 0 spiro atoms. The molecule has 12 nitrogen and oxygen atoms in total. The van der Waals surface area contributed by atoms with Gasteiger partial charge in [-0.1, -0.05) is 30.3 Å². The first-order valence-corrected chi connectivity index (χ1v) is 17.2. The Bertz CT molecular complexity index is 1720. The second kappa shape index (κ2) is 17.3. The summed E-state index contributed by atoms with van der Waals surface area (Å²) in [6, 6.07) is 20.3. The number of piperidine rings is 1. The summed E-state index contributed by atoms with van der Waals surface area (Å²) in [5.74, 6) is 0.289. The molecule has 1 atom stereocenters. The number of tetrazole rings is 1. The Balaban J connectivity index is 0.00000486. The Hall–Kier alpha value is -4.65. The van der Waals surface area contributed by atoms with Gasteiger partial charge in [0.25, 0.3) is 5.91 Å². The van der Waals surface area contributed by atoms with Gasteiger partial charge < -0.3 is 27.0 Å². The van der Waals surface area contributed by atoms with Gasteiger partial charge in [-0.15, -0.1) is 22.6 Å². The van der Waals surface area contributed by atoms with Gasteiger partial charge in [-0.25, -0.2) is 0 Å². The number of H-pyrrole nitrogens is 1. The van der Waals surface area contributed by atoms with E-state index < -0.39 is 6.04 Å². The summed E-state index contributed by atoms with van der Waals surface area (Å²) in [5.41, 5.74) is 11.8. The van der Waals surface area contributed by atoms with Crippen LogP contribution in [-0.2, 0) is 16.0 Å². The van der Waals surface area contributed by atoms with Crippen molar-refractivity contribution in [2.45, 2.75) is 64.0 Å². The number of aryl methyl sites for hydroxylation is 1. The van der Waals surface area contributed by atoms with E-state index in [9.17, 15) is 14.4 Å². The second-order valence-corrected chi connectivity index (χ2v) is 13.2. The van der Waals surface area contributed by atoms with Crippen molar-refractivity contribution in [3.05, 3.63) is 83.4 Å². The van der Waals surface area contributed by atoms with E-state index in [2.05, 4.69) is 48.0 Å². The number of anilines is 1. The quantitative estimate of drug-likeness (QED) is 0.135. The van der Waals surface area contributed by atoms with E-state index in [4.69, 9.17) is 5.73 Å². The molecule has 7 N–H and O–H groups in total. The molecular weight excluding hydrogens is 654 g/mol. The largest absolute Gasteiger partial charge is 0.349 e. The zero-order chi connectivity index (χ0) is 34.2. The number of halogens is 1. The second-order valence-electron chi connectivity index (χ2n) is 13.2. The van der Waals surface area contributed by atoms with E-state index in [1.165, 1.54) is 0 Å². The van der Waals surface area contributed by atoms with Crippen LogP contribution in [0.25, 0.3) is 22.5 Å². The van der Waals surface area contributed by atoms with Crippen LogP contribution < -0.4 is 27.0 Å². The van der Waals surface area contributed by atoms with E-state index in [1.54, 1.807) is 24.3 Å². The Kier molecular flexibility index (Phi) is 12.7. The van der Waals surface area contributed by atoms with Gasteiger partial charge in [0.15, 0.2) is 0 Å². The lowest BCUT2D eigenvalue weighted by Gasteiger charge is -2.28. The van der Waals surface area contributed by atoms with Crippen LogP contribution in [0.15, 0.2) is 66.7 Å². The third-order valence-corrected chi connectivity index (χ3v) is 9.81. The molecule has 1 saturated heterocycles. The summed E-state index contributed by atoms with van der Waals surface area (Å²) in [7, 11) is 0. The number of nitrogens with one attached hydrogen (secondary N) is 5. The minimum Gasteiger partial charge on any atom is -0.349 e. The highest BCUT2D eigenvalue weighted by Crippen LogP contribution is 2.29.